The van der Waals surface area contributed by atoms with Gasteiger partial charge in [0.15, 0.2) is 5.82 Å². The highest BCUT2D eigenvalue weighted by Crippen LogP contribution is 2.23. The fourth-order valence-electron chi connectivity index (χ4n) is 1.65. The summed E-state index contributed by atoms with van der Waals surface area (Å²) in [7, 11) is 0. The van der Waals surface area contributed by atoms with E-state index in [0.717, 1.165) is 6.54 Å². The van der Waals surface area contributed by atoms with Crippen LogP contribution < -0.4 is 5.32 Å². The summed E-state index contributed by atoms with van der Waals surface area (Å²) in [5.74, 6) is 0.739. The summed E-state index contributed by atoms with van der Waals surface area (Å²) < 4.78 is 15.9. The van der Waals surface area contributed by atoms with Crippen molar-refractivity contribution in [2.45, 2.75) is 20.4 Å². The number of tetrazole rings is 1. The number of hydrogen-bond acceptors (Lipinski definition) is 4. The molecule has 2 aromatic rings. The van der Waals surface area contributed by atoms with Crippen LogP contribution in [-0.4, -0.2) is 26.8 Å². The highest BCUT2D eigenvalue weighted by Gasteiger charge is 2.15. The van der Waals surface area contributed by atoms with Gasteiger partial charge in [0.2, 0.25) is 0 Å². The molecular formula is C12H15BrFN5. The van der Waals surface area contributed by atoms with Crippen molar-refractivity contribution in [3.63, 3.8) is 0 Å². The summed E-state index contributed by atoms with van der Waals surface area (Å²) in [4.78, 5) is 0. The van der Waals surface area contributed by atoms with E-state index in [1.165, 1.54) is 10.7 Å². The average molecular weight is 328 g/mol. The van der Waals surface area contributed by atoms with Crippen LogP contribution in [0.15, 0.2) is 22.7 Å². The van der Waals surface area contributed by atoms with Gasteiger partial charge in [0.25, 0.3) is 0 Å². The predicted octanol–water partition coefficient (Wildman–Crippen LogP) is 2.31. The fourth-order valence-corrected chi connectivity index (χ4v) is 2.16. The highest BCUT2D eigenvalue weighted by atomic mass is 79.9. The fraction of sp³-hybridized carbons (Fsp3) is 0.417. The molecule has 1 aromatic carbocycles. The third kappa shape index (κ3) is 3.36. The molecule has 0 spiro atoms. The summed E-state index contributed by atoms with van der Waals surface area (Å²) in [5, 5.41) is 14.6. The molecule has 0 bridgehead atoms. The molecule has 0 radical (unpaired) electrons. The lowest BCUT2D eigenvalue weighted by Gasteiger charge is -2.09. The van der Waals surface area contributed by atoms with Gasteiger partial charge in [0, 0.05) is 4.47 Å². The van der Waals surface area contributed by atoms with Gasteiger partial charge in [-0.15, -0.1) is 5.10 Å². The van der Waals surface area contributed by atoms with E-state index < -0.39 is 0 Å². The van der Waals surface area contributed by atoms with Gasteiger partial charge >= 0.3 is 0 Å². The van der Waals surface area contributed by atoms with Crippen LogP contribution in [0.5, 0.6) is 0 Å². The second-order valence-corrected chi connectivity index (χ2v) is 5.46. The molecule has 1 aromatic heterocycles. The van der Waals surface area contributed by atoms with Gasteiger partial charge in [-0.05, 0) is 51.0 Å². The molecule has 2 rings (SSSR count). The minimum absolute atomic E-state index is 0.328. The lowest BCUT2D eigenvalue weighted by Crippen LogP contribution is -2.21. The first-order chi connectivity index (χ1) is 9.09. The molecular weight excluding hydrogens is 313 g/mol. The van der Waals surface area contributed by atoms with Gasteiger partial charge in [0.05, 0.1) is 6.54 Å². The van der Waals surface area contributed by atoms with Crippen molar-refractivity contribution >= 4 is 15.9 Å². The Hall–Kier alpha value is -1.34. The molecule has 1 N–H and O–H groups in total. The van der Waals surface area contributed by atoms with Gasteiger partial charge in [-0.25, -0.2) is 4.39 Å². The third-order valence-corrected chi connectivity index (χ3v) is 3.16. The Labute approximate surface area is 119 Å². The first-order valence-corrected chi connectivity index (χ1v) is 6.81. The van der Waals surface area contributed by atoms with Crippen LogP contribution in [0, 0.1) is 11.7 Å². The van der Waals surface area contributed by atoms with E-state index in [9.17, 15) is 4.39 Å². The van der Waals surface area contributed by atoms with Crippen LogP contribution in [-0.2, 0) is 6.54 Å². The molecule has 0 saturated heterocycles. The molecule has 0 unspecified atom stereocenters. The standard InChI is InChI=1S/C12H15BrFN5/c1-8(2)6-15-7-11-16-17-18-19(11)12-9(13)4-3-5-10(12)14/h3-5,8,15H,6-7H2,1-2H3. The van der Waals surface area contributed by atoms with Crippen molar-refractivity contribution in [1.82, 2.24) is 25.5 Å². The summed E-state index contributed by atoms with van der Waals surface area (Å²) in [6.45, 7) is 5.57. The van der Waals surface area contributed by atoms with Crippen LogP contribution in [0.4, 0.5) is 4.39 Å². The summed E-state index contributed by atoms with van der Waals surface area (Å²) in [6.07, 6.45) is 0. The van der Waals surface area contributed by atoms with Crippen molar-refractivity contribution in [3.05, 3.63) is 34.3 Å². The van der Waals surface area contributed by atoms with Gasteiger partial charge in [-0.3, -0.25) is 0 Å². The SMILES string of the molecule is CC(C)CNCc1nnnn1-c1c(F)cccc1Br. The van der Waals surface area contributed by atoms with E-state index in [2.05, 4.69) is 50.6 Å². The van der Waals surface area contributed by atoms with Crippen LogP contribution in [0.25, 0.3) is 5.69 Å². The number of nitrogens with zero attached hydrogens (tertiary/aromatic N) is 4. The number of rotatable bonds is 5. The Morgan fingerprint density at radius 2 is 2.21 bits per heavy atom. The first-order valence-electron chi connectivity index (χ1n) is 6.02. The third-order valence-electron chi connectivity index (χ3n) is 2.52. The molecule has 0 aliphatic heterocycles. The van der Waals surface area contributed by atoms with E-state index in [1.54, 1.807) is 12.1 Å². The number of benzene rings is 1. The zero-order chi connectivity index (χ0) is 13.8. The van der Waals surface area contributed by atoms with Crippen LogP contribution in [0.1, 0.15) is 19.7 Å². The molecule has 1 heterocycles. The zero-order valence-electron chi connectivity index (χ0n) is 10.8. The maximum Gasteiger partial charge on any atom is 0.170 e. The number of hydrogen-bond donors (Lipinski definition) is 1. The Morgan fingerprint density at radius 1 is 1.42 bits per heavy atom. The average Bonchev–Trinajstić information content (AvgIpc) is 2.77. The lowest BCUT2D eigenvalue weighted by molar-refractivity contribution is 0.534. The van der Waals surface area contributed by atoms with Crippen molar-refractivity contribution < 1.29 is 4.39 Å². The number of para-hydroxylation sites is 1. The minimum Gasteiger partial charge on any atom is -0.310 e. The molecule has 0 saturated carbocycles. The smallest absolute Gasteiger partial charge is 0.170 e. The van der Waals surface area contributed by atoms with Gasteiger partial charge < -0.3 is 5.32 Å². The second-order valence-electron chi connectivity index (χ2n) is 4.60. The quantitative estimate of drug-likeness (QED) is 0.915. The Balaban J connectivity index is 2.24. The van der Waals surface area contributed by atoms with Crippen molar-refractivity contribution in [2.24, 2.45) is 5.92 Å². The highest BCUT2D eigenvalue weighted by molar-refractivity contribution is 9.10. The van der Waals surface area contributed by atoms with E-state index >= 15 is 0 Å². The van der Waals surface area contributed by atoms with Crippen molar-refractivity contribution in [2.75, 3.05) is 6.54 Å². The zero-order valence-corrected chi connectivity index (χ0v) is 12.4. The van der Waals surface area contributed by atoms with Crippen LogP contribution in [0.2, 0.25) is 0 Å². The molecule has 0 fully saturated rings. The molecule has 5 nitrogen and oxygen atoms in total. The Bertz CT molecular complexity index is 535. The van der Waals surface area contributed by atoms with E-state index in [4.69, 9.17) is 0 Å². The van der Waals surface area contributed by atoms with E-state index in [1.807, 2.05) is 0 Å². The topological polar surface area (TPSA) is 55.6 Å². The monoisotopic (exact) mass is 327 g/mol. The second kappa shape index (κ2) is 6.21. The van der Waals surface area contributed by atoms with E-state index in [0.29, 0.717) is 28.4 Å². The van der Waals surface area contributed by atoms with Gasteiger partial charge in [-0.1, -0.05) is 19.9 Å². The maximum absolute atomic E-state index is 13.9. The largest absolute Gasteiger partial charge is 0.310 e. The number of nitrogens with one attached hydrogen (secondary N) is 1. The molecule has 0 amide bonds. The Morgan fingerprint density at radius 3 is 2.89 bits per heavy atom. The number of aromatic nitrogens is 4. The van der Waals surface area contributed by atoms with Gasteiger partial charge in [0.1, 0.15) is 11.5 Å². The van der Waals surface area contributed by atoms with Crippen LogP contribution >= 0.6 is 15.9 Å². The maximum atomic E-state index is 13.9. The minimum atomic E-state index is -0.369. The Kier molecular flexibility index (Phi) is 4.60. The summed E-state index contributed by atoms with van der Waals surface area (Å²) in [6, 6.07) is 4.77. The van der Waals surface area contributed by atoms with Crippen molar-refractivity contribution in [3.8, 4) is 5.69 Å². The molecule has 0 aliphatic carbocycles. The predicted molar refractivity (Wildman–Crippen MR) is 73.4 cm³/mol. The van der Waals surface area contributed by atoms with Crippen molar-refractivity contribution in [1.29, 1.82) is 0 Å². The molecule has 0 atom stereocenters. The summed E-state index contributed by atoms with van der Waals surface area (Å²) in [5.41, 5.74) is 0.328. The first kappa shape index (κ1) is 14.1. The number of halogens is 2. The van der Waals surface area contributed by atoms with Crippen LogP contribution in [0.3, 0.4) is 0 Å². The lowest BCUT2D eigenvalue weighted by atomic mass is 10.2. The normalized spacial score (nSPS) is 11.2. The molecule has 19 heavy (non-hydrogen) atoms. The molecule has 7 heteroatoms. The molecule has 0 aliphatic rings. The van der Waals surface area contributed by atoms with Gasteiger partial charge in [-0.2, -0.15) is 4.68 Å². The molecule has 102 valence electrons. The van der Waals surface area contributed by atoms with E-state index in [-0.39, 0.29) is 5.82 Å². The summed E-state index contributed by atoms with van der Waals surface area (Å²) >= 11 is 3.32.